The second kappa shape index (κ2) is 6.41. The molecule has 7 nitrogen and oxygen atoms in total. The lowest BCUT2D eigenvalue weighted by Crippen LogP contribution is -2.33. The Morgan fingerprint density at radius 1 is 1.14 bits per heavy atom. The maximum absolute atomic E-state index is 12.2. The van der Waals surface area contributed by atoms with Crippen LogP contribution in [0, 0.1) is 0 Å². The molecule has 0 radical (unpaired) electrons. The Bertz CT molecular complexity index is 692. The summed E-state index contributed by atoms with van der Waals surface area (Å²) in [7, 11) is -7.77. The van der Waals surface area contributed by atoms with Crippen molar-refractivity contribution >= 4 is 19.9 Å². The molecule has 1 heterocycles. The van der Waals surface area contributed by atoms with Crippen molar-refractivity contribution in [3.8, 4) is 0 Å². The average Bonchev–Trinajstić information content (AvgIpc) is 2.45. The largest absolute Gasteiger partial charge is 0.351 e. The number of hydrogen-bond acceptors (Lipinski definition) is 6. The standard InChI is InChI=1S/C12H17NO6S2/c1-20(14,15)10-6-2-3-7-11(10)21(16,17)13-19-12-8-4-5-9-18-12/h2-3,6-7,12-13H,4-5,8-9H2,1H3. The molecule has 2 rings (SSSR count). The number of nitrogens with one attached hydrogen (secondary N) is 1. The highest BCUT2D eigenvalue weighted by molar-refractivity contribution is 7.93. The molecule has 1 aromatic rings. The van der Waals surface area contributed by atoms with Crippen LogP contribution in [0.25, 0.3) is 0 Å². The molecule has 0 spiro atoms. The topological polar surface area (TPSA) is 98.8 Å². The third-order valence-electron chi connectivity index (χ3n) is 2.97. The highest BCUT2D eigenvalue weighted by atomic mass is 32.2. The van der Waals surface area contributed by atoms with Gasteiger partial charge in [-0.3, -0.25) is 4.84 Å². The van der Waals surface area contributed by atoms with Gasteiger partial charge in [0, 0.05) is 19.3 Å². The highest BCUT2D eigenvalue weighted by Crippen LogP contribution is 2.21. The summed E-state index contributed by atoms with van der Waals surface area (Å²) in [5.74, 6) is 0. The lowest BCUT2D eigenvalue weighted by Gasteiger charge is -2.22. The Hall–Kier alpha value is -1.00. The average molecular weight is 335 g/mol. The molecule has 0 bridgehead atoms. The van der Waals surface area contributed by atoms with Gasteiger partial charge in [0.2, 0.25) is 0 Å². The Kier molecular flexibility index (Phi) is 4.99. The first-order chi connectivity index (χ1) is 9.81. The fraction of sp³-hybridized carbons (Fsp3) is 0.500. The Morgan fingerprint density at radius 2 is 1.81 bits per heavy atom. The fourth-order valence-corrected chi connectivity index (χ4v) is 4.40. The number of sulfone groups is 1. The van der Waals surface area contributed by atoms with Crippen LogP contribution in [0.1, 0.15) is 19.3 Å². The van der Waals surface area contributed by atoms with Crippen LogP contribution in [0.2, 0.25) is 0 Å². The molecular formula is C12H17NO6S2. The molecule has 1 unspecified atom stereocenters. The van der Waals surface area contributed by atoms with Crippen LogP contribution >= 0.6 is 0 Å². The van der Waals surface area contributed by atoms with E-state index in [0.717, 1.165) is 19.1 Å². The van der Waals surface area contributed by atoms with Gasteiger partial charge in [-0.05, 0) is 25.0 Å². The summed E-state index contributed by atoms with van der Waals surface area (Å²) in [5, 5.41) is 0. The molecule has 0 amide bonds. The summed E-state index contributed by atoms with van der Waals surface area (Å²) in [6.45, 7) is 0.506. The van der Waals surface area contributed by atoms with Crippen LogP contribution in [0.3, 0.4) is 0 Å². The summed E-state index contributed by atoms with van der Waals surface area (Å²) >= 11 is 0. The highest BCUT2D eigenvalue weighted by Gasteiger charge is 2.25. The molecule has 0 saturated carbocycles. The molecule has 21 heavy (non-hydrogen) atoms. The second-order valence-electron chi connectivity index (χ2n) is 4.72. The molecule has 1 N–H and O–H groups in total. The zero-order chi connectivity index (χ0) is 15.5. The summed E-state index contributed by atoms with van der Waals surface area (Å²) in [4.78, 5) is 6.34. The van der Waals surface area contributed by atoms with Crippen LogP contribution < -0.4 is 4.89 Å². The van der Waals surface area contributed by atoms with Gasteiger partial charge in [0.1, 0.15) is 4.90 Å². The maximum atomic E-state index is 12.2. The molecule has 0 aromatic heterocycles. The lowest BCUT2D eigenvalue weighted by atomic mass is 10.2. The minimum atomic E-state index is -4.10. The number of sulfonamides is 1. The minimum Gasteiger partial charge on any atom is -0.351 e. The molecule has 9 heteroatoms. The van der Waals surface area contributed by atoms with E-state index < -0.39 is 26.2 Å². The quantitative estimate of drug-likeness (QED) is 0.800. The van der Waals surface area contributed by atoms with E-state index in [-0.39, 0.29) is 9.79 Å². The third-order valence-corrected chi connectivity index (χ3v) is 5.50. The van der Waals surface area contributed by atoms with Gasteiger partial charge in [-0.15, -0.1) is 0 Å². The van der Waals surface area contributed by atoms with Gasteiger partial charge in [-0.2, -0.15) is 0 Å². The van der Waals surface area contributed by atoms with Crippen LogP contribution in [0.4, 0.5) is 0 Å². The van der Waals surface area contributed by atoms with Gasteiger partial charge in [0.25, 0.3) is 10.0 Å². The van der Waals surface area contributed by atoms with E-state index >= 15 is 0 Å². The molecule has 1 aromatic carbocycles. The predicted octanol–water partition coefficient (Wildman–Crippen LogP) is 0.827. The van der Waals surface area contributed by atoms with Gasteiger partial charge >= 0.3 is 0 Å². The van der Waals surface area contributed by atoms with Crippen LogP contribution in [0.5, 0.6) is 0 Å². The van der Waals surface area contributed by atoms with Gasteiger partial charge in [0.05, 0.1) is 4.90 Å². The monoisotopic (exact) mass is 335 g/mol. The molecular weight excluding hydrogens is 318 g/mol. The van der Waals surface area contributed by atoms with Crippen molar-refractivity contribution in [3.05, 3.63) is 24.3 Å². The van der Waals surface area contributed by atoms with Crippen LogP contribution in [0.15, 0.2) is 34.1 Å². The lowest BCUT2D eigenvalue weighted by molar-refractivity contribution is -0.179. The van der Waals surface area contributed by atoms with E-state index in [1.807, 2.05) is 4.89 Å². The summed E-state index contributed by atoms with van der Waals surface area (Å²) in [6, 6.07) is 5.35. The van der Waals surface area contributed by atoms with E-state index in [2.05, 4.69) is 0 Å². The van der Waals surface area contributed by atoms with Gasteiger partial charge in [0.15, 0.2) is 16.1 Å². The van der Waals surface area contributed by atoms with Crippen molar-refractivity contribution in [1.29, 1.82) is 0 Å². The Balaban J connectivity index is 2.20. The first-order valence-electron chi connectivity index (χ1n) is 6.39. The SMILES string of the molecule is CS(=O)(=O)c1ccccc1S(=O)(=O)NOC1CCCCO1. The molecule has 1 aliphatic rings. The van der Waals surface area contributed by atoms with E-state index in [0.29, 0.717) is 13.0 Å². The van der Waals surface area contributed by atoms with Gasteiger partial charge < -0.3 is 4.74 Å². The Morgan fingerprint density at radius 3 is 2.38 bits per heavy atom. The summed E-state index contributed by atoms with van der Waals surface area (Å²) in [5.41, 5.74) is 0. The normalized spacial score (nSPS) is 20.3. The third kappa shape index (κ3) is 4.24. The smallest absolute Gasteiger partial charge is 0.263 e. The van der Waals surface area contributed by atoms with E-state index in [1.165, 1.54) is 24.3 Å². The van der Waals surface area contributed by atoms with E-state index in [4.69, 9.17) is 9.57 Å². The summed E-state index contributed by atoms with van der Waals surface area (Å²) in [6.07, 6.45) is 2.66. The molecule has 118 valence electrons. The maximum Gasteiger partial charge on any atom is 0.263 e. The first-order valence-corrected chi connectivity index (χ1v) is 9.76. The van der Waals surface area contributed by atoms with Gasteiger partial charge in [-0.25, -0.2) is 16.8 Å². The number of rotatable bonds is 5. The zero-order valence-corrected chi connectivity index (χ0v) is 13.1. The molecule has 1 fully saturated rings. The number of hydrogen-bond donors (Lipinski definition) is 1. The van der Waals surface area contributed by atoms with Crippen LogP contribution in [-0.4, -0.2) is 36.0 Å². The first kappa shape index (κ1) is 16.4. The van der Waals surface area contributed by atoms with Gasteiger partial charge in [-0.1, -0.05) is 17.0 Å². The molecule has 1 aliphatic heterocycles. The Labute approximate surface area is 124 Å². The minimum absolute atomic E-state index is 0.273. The zero-order valence-electron chi connectivity index (χ0n) is 11.5. The number of benzene rings is 1. The van der Waals surface area contributed by atoms with Crippen molar-refractivity contribution in [1.82, 2.24) is 4.89 Å². The van der Waals surface area contributed by atoms with Crippen molar-refractivity contribution < 1.29 is 26.4 Å². The fourth-order valence-electron chi connectivity index (χ4n) is 1.94. The van der Waals surface area contributed by atoms with Crippen molar-refractivity contribution in [2.24, 2.45) is 0 Å². The van der Waals surface area contributed by atoms with Crippen molar-refractivity contribution in [3.63, 3.8) is 0 Å². The number of ether oxygens (including phenoxy) is 1. The van der Waals surface area contributed by atoms with Crippen molar-refractivity contribution in [2.45, 2.75) is 35.3 Å². The molecule has 0 aliphatic carbocycles. The predicted molar refractivity (Wildman–Crippen MR) is 74.5 cm³/mol. The molecule has 1 saturated heterocycles. The van der Waals surface area contributed by atoms with E-state index in [1.54, 1.807) is 0 Å². The van der Waals surface area contributed by atoms with Crippen LogP contribution in [-0.2, 0) is 29.4 Å². The van der Waals surface area contributed by atoms with Crippen molar-refractivity contribution in [2.75, 3.05) is 12.9 Å². The second-order valence-corrected chi connectivity index (χ2v) is 8.32. The molecule has 1 atom stereocenters. The van der Waals surface area contributed by atoms with E-state index in [9.17, 15) is 16.8 Å². The summed E-state index contributed by atoms with van der Waals surface area (Å²) < 4.78 is 52.9.